The number of fused-ring (bicyclic) bond motifs is 1. The highest BCUT2D eigenvalue weighted by atomic mass is 32.1. The third-order valence-electron chi connectivity index (χ3n) is 5.83. The molecule has 0 unspecified atom stereocenters. The molecule has 2 heterocycles. The van der Waals surface area contributed by atoms with E-state index in [2.05, 4.69) is 38.4 Å². The molecule has 2 N–H and O–H groups in total. The van der Waals surface area contributed by atoms with Crippen LogP contribution >= 0.6 is 11.5 Å². The predicted octanol–water partition coefficient (Wildman–Crippen LogP) is 3.42. The number of nitrogens with two attached hydrogens (primary N) is 1. The van der Waals surface area contributed by atoms with Crippen LogP contribution in [0.15, 0.2) is 24.3 Å². The van der Waals surface area contributed by atoms with Gasteiger partial charge in [0.2, 0.25) is 0 Å². The van der Waals surface area contributed by atoms with Gasteiger partial charge in [-0.2, -0.15) is 4.37 Å². The van der Waals surface area contributed by atoms with Crippen LogP contribution in [0.2, 0.25) is 0 Å². The number of nitrogens with zero attached hydrogens (tertiary/aromatic N) is 3. The van der Waals surface area contributed by atoms with E-state index in [1.54, 1.807) is 11.5 Å². The molecule has 2 aromatic rings. The van der Waals surface area contributed by atoms with E-state index in [-0.39, 0.29) is 6.04 Å². The van der Waals surface area contributed by atoms with Crippen LogP contribution in [0.3, 0.4) is 0 Å². The summed E-state index contributed by atoms with van der Waals surface area (Å²) in [5.41, 5.74) is 4.92. The maximum atomic E-state index is 14.9. The predicted molar refractivity (Wildman–Crippen MR) is 103 cm³/mol. The molecule has 1 aromatic carbocycles. The van der Waals surface area contributed by atoms with Gasteiger partial charge in [0.15, 0.2) is 0 Å². The van der Waals surface area contributed by atoms with Crippen molar-refractivity contribution in [3.8, 4) is 0 Å². The van der Waals surface area contributed by atoms with E-state index in [1.807, 2.05) is 0 Å². The quantitative estimate of drug-likeness (QED) is 0.905. The Hall–Kier alpha value is -1.24. The highest BCUT2D eigenvalue weighted by Crippen LogP contribution is 2.35. The minimum Gasteiger partial charge on any atom is -0.353 e. The van der Waals surface area contributed by atoms with E-state index >= 15 is 0 Å². The van der Waals surface area contributed by atoms with Crippen molar-refractivity contribution in [2.24, 2.45) is 5.73 Å². The average Bonchev–Trinajstić information content (AvgIpc) is 3.08. The molecule has 0 atom stereocenters. The van der Waals surface area contributed by atoms with Crippen LogP contribution in [-0.4, -0.2) is 53.7 Å². The zero-order valence-electron chi connectivity index (χ0n) is 14.7. The zero-order valence-corrected chi connectivity index (χ0v) is 15.5. The molecule has 6 heteroatoms. The summed E-state index contributed by atoms with van der Waals surface area (Å²) in [4.78, 5) is 4.78. The summed E-state index contributed by atoms with van der Waals surface area (Å²) in [5.74, 6) is 1.11. The lowest BCUT2D eigenvalue weighted by atomic mass is 9.82. The first-order valence-corrected chi connectivity index (χ1v) is 10.2. The number of anilines is 1. The van der Waals surface area contributed by atoms with E-state index in [0.717, 1.165) is 51.4 Å². The monoisotopic (exact) mass is 362 g/mol. The first-order chi connectivity index (χ1) is 12.1. The molecule has 4 rings (SSSR count). The molecule has 136 valence electrons. The molecule has 0 radical (unpaired) electrons. The van der Waals surface area contributed by atoms with Crippen molar-refractivity contribution in [1.82, 2.24) is 9.27 Å². The Morgan fingerprint density at radius 3 is 2.64 bits per heavy atom. The number of hydrogen-bond donors (Lipinski definition) is 1. The van der Waals surface area contributed by atoms with Crippen molar-refractivity contribution in [1.29, 1.82) is 0 Å². The Morgan fingerprint density at radius 1 is 1.16 bits per heavy atom. The van der Waals surface area contributed by atoms with Crippen LogP contribution in [0.4, 0.5) is 10.2 Å². The normalized spacial score (nSPS) is 28.6. The molecule has 1 aliphatic carbocycles. The second-order valence-electron chi connectivity index (χ2n) is 7.57. The summed E-state index contributed by atoms with van der Waals surface area (Å²) >= 11 is 1.57. The molecule has 2 aliphatic rings. The van der Waals surface area contributed by atoms with Crippen molar-refractivity contribution in [2.75, 3.05) is 37.6 Å². The molecule has 25 heavy (non-hydrogen) atoms. The lowest BCUT2D eigenvalue weighted by Gasteiger charge is -2.38. The number of rotatable bonds is 4. The number of hydrogen-bond acceptors (Lipinski definition) is 5. The summed E-state index contributed by atoms with van der Waals surface area (Å²) in [6.45, 7) is 4.77. The highest BCUT2D eigenvalue weighted by molar-refractivity contribution is 7.13. The Labute approximate surface area is 153 Å². The van der Waals surface area contributed by atoms with E-state index in [0.29, 0.717) is 19.3 Å². The number of benzene rings is 1. The van der Waals surface area contributed by atoms with Gasteiger partial charge in [0.05, 0.1) is 4.70 Å². The van der Waals surface area contributed by atoms with E-state index in [9.17, 15) is 4.39 Å². The lowest BCUT2D eigenvalue weighted by Crippen LogP contribution is -2.48. The lowest BCUT2D eigenvalue weighted by molar-refractivity contribution is 0.0727. The molecular formula is C19H27FN4S. The van der Waals surface area contributed by atoms with Crippen molar-refractivity contribution in [2.45, 2.75) is 43.8 Å². The summed E-state index contributed by atoms with van der Waals surface area (Å²) in [6, 6.07) is 8.63. The maximum absolute atomic E-state index is 14.9. The fraction of sp³-hybridized carbons (Fsp3) is 0.632. The van der Waals surface area contributed by atoms with Crippen LogP contribution < -0.4 is 10.6 Å². The van der Waals surface area contributed by atoms with Gasteiger partial charge in [-0.1, -0.05) is 12.1 Å². The second kappa shape index (κ2) is 7.17. The Morgan fingerprint density at radius 2 is 1.88 bits per heavy atom. The zero-order chi connectivity index (χ0) is 17.3. The average molecular weight is 363 g/mol. The summed E-state index contributed by atoms with van der Waals surface area (Å²) < 4.78 is 20.8. The third-order valence-corrected chi connectivity index (χ3v) is 6.65. The highest BCUT2D eigenvalue weighted by Gasteiger charge is 2.34. The van der Waals surface area contributed by atoms with Gasteiger partial charge in [-0.05, 0) is 55.8 Å². The fourth-order valence-electron chi connectivity index (χ4n) is 4.05. The molecule has 1 aromatic heterocycles. The third kappa shape index (κ3) is 3.81. The van der Waals surface area contributed by atoms with Gasteiger partial charge in [-0.15, -0.1) is 0 Å². The fourth-order valence-corrected chi connectivity index (χ4v) is 4.85. The summed E-state index contributed by atoms with van der Waals surface area (Å²) in [6.07, 6.45) is 3.60. The number of piperazine rings is 1. The number of halogens is 1. The largest absolute Gasteiger partial charge is 0.353 e. The second-order valence-corrected chi connectivity index (χ2v) is 8.37. The van der Waals surface area contributed by atoms with E-state index < -0.39 is 5.67 Å². The maximum Gasteiger partial charge on any atom is 0.150 e. The van der Waals surface area contributed by atoms with Crippen molar-refractivity contribution >= 4 is 27.4 Å². The summed E-state index contributed by atoms with van der Waals surface area (Å²) in [7, 11) is 0. The minimum atomic E-state index is -0.988. The molecule has 1 aliphatic heterocycles. The smallest absolute Gasteiger partial charge is 0.150 e. The summed E-state index contributed by atoms with van der Waals surface area (Å²) in [5, 5.41) is 1.25. The van der Waals surface area contributed by atoms with Crippen LogP contribution in [0, 0.1) is 0 Å². The molecule has 0 bridgehead atoms. The van der Waals surface area contributed by atoms with Crippen LogP contribution in [0.25, 0.3) is 10.1 Å². The van der Waals surface area contributed by atoms with Crippen LogP contribution in [-0.2, 0) is 0 Å². The van der Waals surface area contributed by atoms with Gasteiger partial charge < -0.3 is 10.6 Å². The Bertz CT molecular complexity index is 702. The molecule has 1 saturated heterocycles. The minimum absolute atomic E-state index is 0.209. The van der Waals surface area contributed by atoms with Crippen LogP contribution in [0.1, 0.15) is 32.1 Å². The SMILES string of the molecule is NC1CCC(F)(CCN2CCN(c3nsc4ccccc34)CC2)CC1. The van der Waals surface area contributed by atoms with E-state index in [1.165, 1.54) is 10.1 Å². The topological polar surface area (TPSA) is 45.4 Å². The van der Waals surface area contributed by atoms with Crippen LogP contribution in [0.5, 0.6) is 0 Å². The van der Waals surface area contributed by atoms with Gasteiger partial charge >= 0.3 is 0 Å². The molecule has 0 spiro atoms. The van der Waals surface area contributed by atoms with Gasteiger partial charge in [-0.3, -0.25) is 4.90 Å². The molecule has 0 amide bonds. The standard InChI is InChI=1S/C19H27FN4S/c20-19(7-5-15(21)6-8-19)9-10-23-11-13-24(14-12-23)18-16-3-1-2-4-17(16)25-22-18/h1-4,15H,5-14,21H2. The van der Waals surface area contributed by atoms with E-state index in [4.69, 9.17) is 5.73 Å². The van der Waals surface area contributed by atoms with Crippen molar-refractivity contribution in [3.63, 3.8) is 0 Å². The molecule has 1 saturated carbocycles. The number of aromatic nitrogens is 1. The van der Waals surface area contributed by atoms with Gasteiger partial charge in [0, 0.05) is 44.2 Å². The Balaban J connectivity index is 1.30. The first kappa shape index (κ1) is 17.2. The molecular weight excluding hydrogens is 335 g/mol. The van der Waals surface area contributed by atoms with Gasteiger partial charge in [0.1, 0.15) is 11.5 Å². The van der Waals surface area contributed by atoms with Gasteiger partial charge in [-0.25, -0.2) is 4.39 Å². The van der Waals surface area contributed by atoms with Gasteiger partial charge in [0.25, 0.3) is 0 Å². The first-order valence-electron chi connectivity index (χ1n) is 9.39. The number of alkyl halides is 1. The Kier molecular flexibility index (Phi) is 4.93. The van der Waals surface area contributed by atoms with Crippen molar-refractivity contribution < 1.29 is 4.39 Å². The molecule has 2 fully saturated rings. The van der Waals surface area contributed by atoms with Crippen molar-refractivity contribution in [3.05, 3.63) is 24.3 Å². The molecule has 4 nitrogen and oxygen atoms in total.